The maximum atomic E-state index is 5.79. The van der Waals surface area contributed by atoms with Crippen LogP contribution < -0.4 is 5.73 Å². The third-order valence-electron chi connectivity index (χ3n) is 2.95. The highest BCUT2D eigenvalue weighted by atomic mass is 15.3. The molecule has 19 heavy (non-hydrogen) atoms. The van der Waals surface area contributed by atoms with Crippen LogP contribution in [0, 0.1) is 0 Å². The van der Waals surface area contributed by atoms with Gasteiger partial charge in [0, 0.05) is 30.7 Å². The highest BCUT2D eigenvalue weighted by Crippen LogP contribution is 2.20. The summed E-state index contributed by atoms with van der Waals surface area (Å²) in [4.78, 5) is 0. The lowest BCUT2D eigenvalue weighted by atomic mass is 10.1. The zero-order valence-electron chi connectivity index (χ0n) is 10.7. The van der Waals surface area contributed by atoms with Crippen LogP contribution in [0.2, 0.25) is 0 Å². The van der Waals surface area contributed by atoms with E-state index in [4.69, 9.17) is 5.73 Å². The van der Waals surface area contributed by atoms with E-state index in [2.05, 4.69) is 10.2 Å². The van der Waals surface area contributed by atoms with Crippen LogP contribution in [0.4, 0.5) is 5.69 Å². The second-order valence-electron chi connectivity index (χ2n) is 4.53. The average Bonchev–Trinajstić information content (AvgIpc) is 2.99. The zero-order valence-corrected chi connectivity index (χ0v) is 10.7. The molecule has 1 aromatic carbocycles. The monoisotopic (exact) mass is 253 g/mol. The number of nitrogens with zero attached hydrogens (tertiary/aromatic N) is 4. The maximum Gasteiger partial charge on any atom is 0.0850 e. The second-order valence-corrected chi connectivity index (χ2v) is 4.53. The van der Waals surface area contributed by atoms with Crippen LogP contribution in [-0.2, 0) is 13.6 Å². The van der Waals surface area contributed by atoms with E-state index in [1.54, 1.807) is 4.68 Å². The summed E-state index contributed by atoms with van der Waals surface area (Å²) in [5, 5.41) is 8.69. The van der Waals surface area contributed by atoms with Crippen molar-refractivity contribution in [3.05, 3.63) is 54.6 Å². The number of hydrogen-bond donors (Lipinski definition) is 1. The molecule has 0 fully saturated rings. The maximum absolute atomic E-state index is 5.79. The predicted molar refractivity (Wildman–Crippen MR) is 74.4 cm³/mol. The van der Waals surface area contributed by atoms with Crippen molar-refractivity contribution in [3.8, 4) is 11.1 Å². The van der Waals surface area contributed by atoms with Gasteiger partial charge in [0.15, 0.2) is 0 Å². The largest absolute Gasteiger partial charge is 0.399 e. The lowest BCUT2D eigenvalue weighted by Gasteiger charge is -1.99. The summed E-state index contributed by atoms with van der Waals surface area (Å²) in [6.45, 7) is 0.670. The Labute approximate surface area is 111 Å². The molecular formula is C14H15N5. The third kappa shape index (κ3) is 2.49. The molecule has 0 aliphatic rings. The van der Waals surface area contributed by atoms with Crippen molar-refractivity contribution in [3.63, 3.8) is 0 Å². The highest BCUT2D eigenvalue weighted by molar-refractivity contribution is 5.65. The van der Waals surface area contributed by atoms with E-state index >= 15 is 0 Å². The third-order valence-corrected chi connectivity index (χ3v) is 2.95. The minimum atomic E-state index is 0.670. The summed E-state index contributed by atoms with van der Waals surface area (Å²) >= 11 is 0. The van der Waals surface area contributed by atoms with Gasteiger partial charge in [-0.3, -0.25) is 9.36 Å². The number of nitrogens with two attached hydrogens (primary N) is 1. The molecule has 2 heterocycles. The minimum Gasteiger partial charge on any atom is -0.399 e. The van der Waals surface area contributed by atoms with Crippen molar-refractivity contribution < 1.29 is 0 Å². The van der Waals surface area contributed by atoms with E-state index in [-0.39, 0.29) is 0 Å². The summed E-state index contributed by atoms with van der Waals surface area (Å²) in [6.07, 6.45) is 5.78. The Morgan fingerprint density at radius 3 is 2.84 bits per heavy atom. The predicted octanol–water partition coefficient (Wildman–Crippen LogP) is 1.91. The summed E-state index contributed by atoms with van der Waals surface area (Å²) in [6, 6.07) is 9.78. The Bertz CT molecular complexity index is 695. The molecular weight excluding hydrogens is 238 g/mol. The van der Waals surface area contributed by atoms with Crippen molar-refractivity contribution in [2.45, 2.75) is 6.54 Å². The molecule has 0 spiro atoms. The SMILES string of the molecule is Cn1ccc(Cn2cc(-c3cccc(N)c3)cn2)n1. The smallest absolute Gasteiger partial charge is 0.0850 e. The van der Waals surface area contributed by atoms with Gasteiger partial charge in [-0.05, 0) is 23.8 Å². The zero-order chi connectivity index (χ0) is 13.2. The van der Waals surface area contributed by atoms with Gasteiger partial charge in [-0.1, -0.05) is 12.1 Å². The number of anilines is 1. The fraction of sp³-hybridized carbons (Fsp3) is 0.143. The molecule has 0 atom stereocenters. The first-order chi connectivity index (χ1) is 9.20. The second kappa shape index (κ2) is 4.61. The summed E-state index contributed by atoms with van der Waals surface area (Å²) in [7, 11) is 1.91. The molecule has 3 rings (SSSR count). The fourth-order valence-corrected chi connectivity index (χ4v) is 2.03. The summed E-state index contributed by atoms with van der Waals surface area (Å²) in [5.74, 6) is 0. The van der Waals surface area contributed by atoms with Crippen LogP contribution in [0.1, 0.15) is 5.69 Å². The fourth-order valence-electron chi connectivity index (χ4n) is 2.03. The standard InChI is InChI=1S/C14H15N5/c1-18-6-5-14(17-18)10-19-9-12(8-16-19)11-3-2-4-13(15)7-11/h2-9H,10,15H2,1H3. The van der Waals surface area contributed by atoms with E-state index in [9.17, 15) is 0 Å². The number of nitrogen functional groups attached to an aromatic ring is 1. The Morgan fingerprint density at radius 2 is 2.11 bits per heavy atom. The first kappa shape index (κ1) is 11.5. The van der Waals surface area contributed by atoms with E-state index in [0.717, 1.165) is 22.5 Å². The van der Waals surface area contributed by atoms with E-state index in [1.807, 2.05) is 60.7 Å². The molecule has 96 valence electrons. The summed E-state index contributed by atoms with van der Waals surface area (Å²) in [5.41, 5.74) is 9.67. The molecule has 0 bridgehead atoms. The van der Waals surface area contributed by atoms with Crippen molar-refractivity contribution in [2.24, 2.45) is 7.05 Å². The first-order valence-electron chi connectivity index (χ1n) is 6.07. The molecule has 2 aromatic heterocycles. The minimum absolute atomic E-state index is 0.670. The topological polar surface area (TPSA) is 61.7 Å². The van der Waals surface area contributed by atoms with E-state index < -0.39 is 0 Å². The molecule has 2 N–H and O–H groups in total. The van der Waals surface area contributed by atoms with Gasteiger partial charge >= 0.3 is 0 Å². The molecule has 5 heteroatoms. The van der Waals surface area contributed by atoms with Crippen LogP contribution in [0.5, 0.6) is 0 Å². The normalized spacial score (nSPS) is 10.8. The average molecular weight is 253 g/mol. The van der Waals surface area contributed by atoms with Crippen molar-refractivity contribution >= 4 is 5.69 Å². The Kier molecular flexibility index (Phi) is 2.79. The van der Waals surface area contributed by atoms with Crippen molar-refractivity contribution in [1.82, 2.24) is 19.6 Å². The summed E-state index contributed by atoms with van der Waals surface area (Å²) < 4.78 is 3.67. The van der Waals surface area contributed by atoms with Gasteiger partial charge in [0.2, 0.25) is 0 Å². The van der Waals surface area contributed by atoms with Gasteiger partial charge in [-0.25, -0.2) is 0 Å². The van der Waals surface area contributed by atoms with Gasteiger partial charge in [-0.2, -0.15) is 10.2 Å². The molecule has 0 unspecified atom stereocenters. The van der Waals surface area contributed by atoms with Crippen LogP contribution in [-0.4, -0.2) is 19.6 Å². The Morgan fingerprint density at radius 1 is 1.21 bits per heavy atom. The van der Waals surface area contributed by atoms with Crippen molar-refractivity contribution in [2.75, 3.05) is 5.73 Å². The highest BCUT2D eigenvalue weighted by Gasteiger charge is 2.04. The van der Waals surface area contributed by atoms with Crippen LogP contribution >= 0.6 is 0 Å². The Balaban J connectivity index is 1.83. The number of benzene rings is 1. The van der Waals surface area contributed by atoms with E-state index in [0.29, 0.717) is 6.54 Å². The van der Waals surface area contributed by atoms with Crippen LogP contribution in [0.3, 0.4) is 0 Å². The number of aromatic nitrogens is 4. The molecule has 0 radical (unpaired) electrons. The lowest BCUT2D eigenvalue weighted by molar-refractivity contribution is 0.650. The Hall–Kier alpha value is -2.56. The quantitative estimate of drug-likeness (QED) is 0.725. The van der Waals surface area contributed by atoms with Crippen molar-refractivity contribution in [1.29, 1.82) is 0 Å². The van der Waals surface area contributed by atoms with Crippen LogP contribution in [0.25, 0.3) is 11.1 Å². The van der Waals surface area contributed by atoms with Gasteiger partial charge in [0.1, 0.15) is 0 Å². The van der Waals surface area contributed by atoms with E-state index in [1.165, 1.54) is 0 Å². The first-order valence-corrected chi connectivity index (χ1v) is 6.07. The van der Waals surface area contributed by atoms with Gasteiger partial charge in [0.25, 0.3) is 0 Å². The number of rotatable bonds is 3. The molecule has 3 aromatic rings. The van der Waals surface area contributed by atoms with Gasteiger partial charge in [-0.15, -0.1) is 0 Å². The number of hydrogen-bond acceptors (Lipinski definition) is 3. The molecule has 0 aliphatic carbocycles. The lowest BCUT2D eigenvalue weighted by Crippen LogP contribution is -2.01. The van der Waals surface area contributed by atoms with Crippen LogP contribution in [0.15, 0.2) is 48.9 Å². The van der Waals surface area contributed by atoms with Gasteiger partial charge < -0.3 is 5.73 Å². The molecule has 0 saturated heterocycles. The number of aryl methyl sites for hydroxylation is 1. The molecule has 0 aliphatic heterocycles. The molecule has 0 saturated carbocycles. The molecule has 0 amide bonds. The van der Waals surface area contributed by atoms with Gasteiger partial charge in [0.05, 0.1) is 18.4 Å². The molecule has 5 nitrogen and oxygen atoms in total.